The molecule has 1 rings (SSSR count). The minimum atomic E-state index is -0.489. The second-order valence-electron chi connectivity index (χ2n) is 3.81. The van der Waals surface area contributed by atoms with Crippen LogP contribution in [-0.2, 0) is 0 Å². The van der Waals surface area contributed by atoms with E-state index in [9.17, 15) is 0 Å². The highest BCUT2D eigenvalue weighted by Gasteiger charge is 2.11. The zero-order chi connectivity index (χ0) is 12.8. The van der Waals surface area contributed by atoms with Crippen molar-refractivity contribution in [1.29, 1.82) is 5.26 Å². The first-order valence-corrected chi connectivity index (χ1v) is 5.53. The highest BCUT2D eigenvalue weighted by Crippen LogP contribution is 2.30. The van der Waals surface area contributed by atoms with E-state index in [0.29, 0.717) is 11.5 Å². The van der Waals surface area contributed by atoms with Crippen molar-refractivity contribution in [3.05, 3.63) is 23.8 Å². The Balaban J connectivity index is 2.98. The first-order valence-electron chi connectivity index (χ1n) is 5.53. The lowest BCUT2D eigenvalue weighted by Crippen LogP contribution is -2.13. The maximum absolute atomic E-state index is 8.71. The predicted octanol–water partition coefficient (Wildman–Crippen LogP) is 2.27. The van der Waals surface area contributed by atoms with Crippen molar-refractivity contribution in [1.82, 2.24) is 5.32 Å². The number of nitriles is 1. The van der Waals surface area contributed by atoms with Gasteiger partial charge in [0.25, 0.3) is 0 Å². The summed E-state index contributed by atoms with van der Waals surface area (Å²) in [6, 6.07) is 7.97. The van der Waals surface area contributed by atoms with Crippen molar-refractivity contribution in [3.63, 3.8) is 0 Å². The fourth-order valence-corrected chi connectivity index (χ4v) is 1.43. The molecule has 0 fully saturated rings. The standard InChI is InChI=1S/C13H18N2O2/c1-9(8-14)17-12-6-5-11(10(2)15-3)7-13(12)16-4/h5-7,9-10,15H,1-4H3. The molecule has 0 aliphatic carbocycles. The zero-order valence-electron chi connectivity index (χ0n) is 10.7. The summed E-state index contributed by atoms with van der Waals surface area (Å²) >= 11 is 0. The average Bonchev–Trinajstić information content (AvgIpc) is 2.37. The van der Waals surface area contributed by atoms with E-state index in [1.165, 1.54) is 0 Å². The lowest BCUT2D eigenvalue weighted by atomic mass is 10.1. The molecule has 1 aromatic carbocycles. The van der Waals surface area contributed by atoms with Gasteiger partial charge in [-0.25, -0.2) is 0 Å². The highest BCUT2D eigenvalue weighted by atomic mass is 16.5. The van der Waals surface area contributed by atoms with Crippen LogP contribution >= 0.6 is 0 Å². The summed E-state index contributed by atoms with van der Waals surface area (Å²) in [5, 5.41) is 11.9. The number of methoxy groups -OCH3 is 1. The second kappa shape index (κ2) is 6.12. The van der Waals surface area contributed by atoms with Crippen molar-refractivity contribution < 1.29 is 9.47 Å². The number of hydrogen-bond acceptors (Lipinski definition) is 4. The van der Waals surface area contributed by atoms with Crippen LogP contribution in [0.15, 0.2) is 18.2 Å². The van der Waals surface area contributed by atoms with Crippen molar-refractivity contribution in [2.45, 2.75) is 26.0 Å². The van der Waals surface area contributed by atoms with Crippen LogP contribution in [0.2, 0.25) is 0 Å². The number of rotatable bonds is 5. The largest absolute Gasteiger partial charge is 0.493 e. The highest BCUT2D eigenvalue weighted by molar-refractivity contribution is 5.44. The van der Waals surface area contributed by atoms with Crippen molar-refractivity contribution in [2.24, 2.45) is 0 Å². The van der Waals surface area contributed by atoms with Gasteiger partial charge in [-0.05, 0) is 38.6 Å². The Hall–Kier alpha value is -1.73. The van der Waals surface area contributed by atoms with Crippen LogP contribution in [0.3, 0.4) is 0 Å². The molecule has 2 atom stereocenters. The summed E-state index contributed by atoms with van der Waals surface area (Å²) in [6.07, 6.45) is -0.489. The van der Waals surface area contributed by atoms with Gasteiger partial charge in [0.1, 0.15) is 6.07 Å². The van der Waals surface area contributed by atoms with Gasteiger partial charge in [0.2, 0.25) is 0 Å². The van der Waals surface area contributed by atoms with Gasteiger partial charge < -0.3 is 14.8 Å². The third kappa shape index (κ3) is 3.36. The molecule has 0 aliphatic heterocycles. The minimum Gasteiger partial charge on any atom is -0.493 e. The average molecular weight is 234 g/mol. The summed E-state index contributed by atoms with van der Waals surface area (Å²) in [5.41, 5.74) is 1.11. The van der Waals surface area contributed by atoms with Crippen molar-refractivity contribution in [3.8, 4) is 17.6 Å². The monoisotopic (exact) mass is 234 g/mol. The Kier molecular flexibility index (Phi) is 4.80. The number of ether oxygens (including phenoxy) is 2. The smallest absolute Gasteiger partial charge is 0.181 e. The molecule has 0 saturated heterocycles. The summed E-state index contributed by atoms with van der Waals surface area (Å²) in [6.45, 7) is 3.76. The van der Waals surface area contributed by atoms with Gasteiger partial charge in [-0.3, -0.25) is 0 Å². The molecule has 0 aromatic heterocycles. The molecular weight excluding hydrogens is 216 g/mol. The van der Waals surface area contributed by atoms with E-state index < -0.39 is 6.10 Å². The first kappa shape index (κ1) is 13.3. The number of benzene rings is 1. The van der Waals surface area contributed by atoms with E-state index in [4.69, 9.17) is 14.7 Å². The zero-order valence-corrected chi connectivity index (χ0v) is 10.7. The van der Waals surface area contributed by atoms with Gasteiger partial charge in [0.05, 0.1) is 7.11 Å². The van der Waals surface area contributed by atoms with Gasteiger partial charge >= 0.3 is 0 Å². The Morgan fingerprint density at radius 1 is 1.29 bits per heavy atom. The Morgan fingerprint density at radius 2 is 2.00 bits per heavy atom. The van der Waals surface area contributed by atoms with E-state index >= 15 is 0 Å². The molecule has 92 valence electrons. The van der Waals surface area contributed by atoms with Crippen LogP contribution in [0.25, 0.3) is 0 Å². The molecule has 2 unspecified atom stereocenters. The molecule has 17 heavy (non-hydrogen) atoms. The summed E-state index contributed by atoms with van der Waals surface area (Å²) < 4.78 is 10.7. The van der Waals surface area contributed by atoms with Gasteiger partial charge in [0.15, 0.2) is 17.6 Å². The van der Waals surface area contributed by atoms with Gasteiger partial charge in [-0.2, -0.15) is 5.26 Å². The lowest BCUT2D eigenvalue weighted by Gasteiger charge is -2.16. The molecular formula is C13H18N2O2. The molecule has 0 amide bonds. The third-order valence-electron chi connectivity index (χ3n) is 2.61. The Bertz CT molecular complexity index is 412. The van der Waals surface area contributed by atoms with Gasteiger partial charge in [0, 0.05) is 6.04 Å². The van der Waals surface area contributed by atoms with E-state index in [1.807, 2.05) is 31.3 Å². The molecule has 4 nitrogen and oxygen atoms in total. The fourth-order valence-electron chi connectivity index (χ4n) is 1.43. The summed E-state index contributed by atoms with van der Waals surface area (Å²) in [4.78, 5) is 0. The number of hydrogen-bond donors (Lipinski definition) is 1. The van der Waals surface area contributed by atoms with Crippen LogP contribution in [0.5, 0.6) is 11.5 Å². The van der Waals surface area contributed by atoms with E-state index in [2.05, 4.69) is 12.2 Å². The third-order valence-corrected chi connectivity index (χ3v) is 2.61. The molecule has 4 heteroatoms. The van der Waals surface area contributed by atoms with Crippen molar-refractivity contribution >= 4 is 0 Å². The molecule has 0 spiro atoms. The summed E-state index contributed by atoms with van der Waals surface area (Å²) in [5.74, 6) is 1.24. The Morgan fingerprint density at radius 3 is 2.53 bits per heavy atom. The predicted molar refractivity (Wildman–Crippen MR) is 66.2 cm³/mol. The van der Waals surface area contributed by atoms with Crippen LogP contribution in [0.4, 0.5) is 0 Å². The van der Waals surface area contributed by atoms with Gasteiger partial charge in [-0.15, -0.1) is 0 Å². The first-order chi connectivity index (χ1) is 8.12. The van der Waals surface area contributed by atoms with Crippen LogP contribution < -0.4 is 14.8 Å². The molecule has 0 radical (unpaired) electrons. The van der Waals surface area contributed by atoms with E-state index in [-0.39, 0.29) is 6.04 Å². The molecule has 1 aromatic rings. The number of nitrogens with one attached hydrogen (secondary N) is 1. The Labute approximate surface area is 102 Å². The molecule has 1 N–H and O–H groups in total. The van der Waals surface area contributed by atoms with E-state index in [1.54, 1.807) is 14.0 Å². The van der Waals surface area contributed by atoms with Crippen LogP contribution in [0.1, 0.15) is 25.5 Å². The number of nitrogens with zero attached hydrogens (tertiary/aromatic N) is 1. The lowest BCUT2D eigenvalue weighted by molar-refractivity contribution is 0.260. The van der Waals surface area contributed by atoms with Gasteiger partial charge in [-0.1, -0.05) is 6.07 Å². The maximum atomic E-state index is 8.71. The normalized spacial score (nSPS) is 13.6. The van der Waals surface area contributed by atoms with Crippen LogP contribution in [-0.4, -0.2) is 20.3 Å². The molecule has 0 bridgehead atoms. The summed E-state index contributed by atoms with van der Waals surface area (Å²) in [7, 11) is 3.49. The maximum Gasteiger partial charge on any atom is 0.181 e. The van der Waals surface area contributed by atoms with Crippen molar-refractivity contribution in [2.75, 3.05) is 14.2 Å². The minimum absolute atomic E-state index is 0.242. The molecule has 0 aliphatic rings. The van der Waals surface area contributed by atoms with Crippen LogP contribution in [0, 0.1) is 11.3 Å². The topological polar surface area (TPSA) is 54.3 Å². The van der Waals surface area contributed by atoms with E-state index in [0.717, 1.165) is 5.56 Å². The fraction of sp³-hybridized carbons (Fsp3) is 0.462. The quantitative estimate of drug-likeness (QED) is 0.849. The SMILES string of the molecule is CNC(C)c1ccc(OC(C)C#N)c(OC)c1. The molecule has 0 saturated carbocycles. The molecule has 0 heterocycles. The second-order valence-corrected chi connectivity index (χ2v) is 3.81.